The topological polar surface area (TPSA) is 52.6 Å². The van der Waals surface area contributed by atoms with E-state index in [1.54, 1.807) is 0 Å². The zero-order valence-corrected chi connectivity index (χ0v) is 12.7. The number of carbonyl (C=O) groups excluding carboxylic acids is 2. The highest BCUT2D eigenvalue weighted by atomic mass is 16.6. The highest BCUT2D eigenvalue weighted by molar-refractivity contribution is 5.79. The van der Waals surface area contributed by atoms with Crippen LogP contribution in [0.1, 0.15) is 60.3 Å². The Morgan fingerprint density at radius 1 is 1.37 bits per heavy atom. The van der Waals surface area contributed by atoms with Gasteiger partial charge in [0, 0.05) is 0 Å². The van der Waals surface area contributed by atoms with E-state index in [9.17, 15) is 9.59 Å². The van der Waals surface area contributed by atoms with Gasteiger partial charge in [-0.15, -0.1) is 0 Å². The van der Waals surface area contributed by atoms with Crippen LogP contribution in [0.15, 0.2) is 0 Å². The van der Waals surface area contributed by atoms with E-state index < -0.39 is 11.5 Å². The molecule has 0 spiro atoms. The van der Waals surface area contributed by atoms with Gasteiger partial charge in [-0.25, -0.2) is 0 Å². The second-order valence-corrected chi connectivity index (χ2v) is 6.60. The van der Waals surface area contributed by atoms with Crippen LogP contribution in [0.4, 0.5) is 0 Å². The Kier molecular flexibility index (Phi) is 4.99. The molecule has 0 aromatic rings. The third-order valence-electron chi connectivity index (χ3n) is 4.23. The van der Waals surface area contributed by atoms with Gasteiger partial charge in [-0.1, -0.05) is 40.5 Å². The number of hydrogen-bond acceptors (Lipinski definition) is 4. The van der Waals surface area contributed by atoms with Gasteiger partial charge in [0.1, 0.15) is 12.7 Å². The molecule has 1 aliphatic heterocycles. The molecule has 1 rings (SSSR count). The van der Waals surface area contributed by atoms with Crippen molar-refractivity contribution in [3.05, 3.63) is 0 Å². The van der Waals surface area contributed by atoms with E-state index in [-0.39, 0.29) is 30.4 Å². The van der Waals surface area contributed by atoms with Crippen LogP contribution in [-0.4, -0.2) is 24.6 Å². The van der Waals surface area contributed by atoms with Crippen LogP contribution in [-0.2, 0) is 19.1 Å². The van der Waals surface area contributed by atoms with Crippen molar-refractivity contribution in [2.24, 2.45) is 10.8 Å². The van der Waals surface area contributed by atoms with E-state index in [1.165, 1.54) is 0 Å². The fourth-order valence-electron chi connectivity index (χ4n) is 2.16. The van der Waals surface area contributed by atoms with Gasteiger partial charge in [-0.2, -0.15) is 0 Å². The summed E-state index contributed by atoms with van der Waals surface area (Å²) in [6, 6.07) is 0. The number of rotatable bonds is 5. The first-order valence-electron chi connectivity index (χ1n) is 7.07. The molecular weight excluding hydrogens is 244 g/mol. The maximum absolute atomic E-state index is 12.5. The Balaban J connectivity index is 2.74. The third-order valence-corrected chi connectivity index (χ3v) is 4.23. The summed E-state index contributed by atoms with van der Waals surface area (Å²) in [5.74, 6) is -0.499. The molecule has 1 saturated heterocycles. The smallest absolute Gasteiger partial charge is 0.312 e. The van der Waals surface area contributed by atoms with E-state index in [0.29, 0.717) is 0 Å². The second kappa shape index (κ2) is 5.93. The maximum atomic E-state index is 12.5. The van der Waals surface area contributed by atoms with E-state index >= 15 is 0 Å². The van der Waals surface area contributed by atoms with Crippen molar-refractivity contribution >= 4 is 11.9 Å². The van der Waals surface area contributed by atoms with Crippen molar-refractivity contribution in [2.45, 2.75) is 66.4 Å². The molecule has 4 nitrogen and oxygen atoms in total. The lowest BCUT2D eigenvalue weighted by Crippen LogP contribution is -2.43. The first-order chi connectivity index (χ1) is 8.70. The Hall–Kier alpha value is -1.06. The van der Waals surface area contributed by atoms with Crippen molar-refractivity contribution in [2.75, 3.05) is 6.61 Å². The Bertz CT molecular complexity index is 343. The van der Waals surface area contributed by atoms with Crippen LogP contribution in [0.3, 0.4) is 0 Å². The van der Waals surface area contributed by atoms with Gasteiger partial charge < -0.3 is 9.47 Å². The average molecular weight is 270 g/mol. The number of ether oxygens (including phenoxy) is 2. The van der Waals surface area contributed by atoms with Crippen LogP contribution in [0.5, 0.6) is 0 Å². The predicted molar refractivity (Wildman–Crippen MR) is 72.5 cm³/mol. The van der Waals surface area contributed by atoms with E-state index in [0.717, 1.165) is 19.3 Å². The summed E-state index contributed by atoms with van der Waals surface area (Å²) >= 11 is 0. The molecule has 4 heteroatoms. The first-order valence-corrected chi connectivity index (χ1v) is 7.07. The minimum absolute atomic E-state index is 0.178. The third kappa shape index (κ3) is 3.71. The Morgan fingerprint density at radius 3 is 2.42 bits per heavy atom. The molecule has 19 heavy (non-hydrogen) atoms. The highest BCUT2D eigenvalue weighted by Gasteiger charge is 2.46. The van der Waals surface area contributed by atoms with Gasteiger partial charge in [0.15, 0.2) is 0 Å². The van der Waals surface area contributed by atoms with Crippen molar-refractivity contribution in [3.63, 3.8) is 0 Å². The summed E-state index contributed by atoms with van der Waals surface area (Å²) in [7, 11) is 0. The second-order valence-electron chi connectivity index (χ2n) is 6.60. The lowest BCUT2D eigenvalue weighted by atomic mass is 9.65. The van der Waals surface area contributed by atoms with Gasteiger partial charge in [0.05, 0.1) is 11.8 Å². The molecule has 0 bridgehead atoms. The van der Waals surface area contributed by atoms with Crippen LogP contribution < -0.4 is 0 Å². The predicted octanol–water partition coefficient (Wildman–Crippen LogP) is 3.09. The van der Waals surface area contributed by atoms with Gasteiger partial charge in [0.25, 0.3) is 0 Å². The molecule has 0 radical (unpaired) electrons. The van der Waals surface area contributed by atoms with Gasteiger partial charge >= 0.3 is 11.9 Å². The number of esters is 2. The van der Waals surface area contributed by atoms with Crippen molar-refractivity contribution in [3.8, 4) is 0 Å². The van der Waals surface area contributed by atoms with Crippen molar-refractivity contribution in [1.82, 2.24) is 0 Å². The minimum atomic E-state index is -0.533. The molecule has 0 N–H and O–H groups in total. The molecule has 2 atom stereocenters. The summed E-state index contributed by atoms with van der Waals surface area (Å²) in [6.45, 7) is 10.4. The fourth-order valence-corrected chi connectivity index (χ4v) is 2.16. The normalized spacial score (nSPS) is 22.8. The summed E-state index contributed by atoms with van der Waals surface area (Å²) in [5.41, 5.74) is -0.711. The minimum Gasteiger partial charge on any atom is -0.462 e. The van der Waals surface area contributed by atoms with Crippen LogP contribution >= 0.6 is 0 Å². The summed E-state index contributed by atoms with van der Waals surface area (Å²) in [6.07, 6.45) is 2.60. The van der Waals surface area contributed by atoms with Crippen LogP contribution in [0.25, 0.3) is 0 Å². The van der Waals surface area contributed by atoms with Crippen molar-refractivity contribution < 1.29 is 19.1 Å². The van der Waals surface area contributed by atoms with Gasteiger partial charge in [-0.3, -0.25) is 9.59 Å². The Labute approximate surface area is 115 Å². The highest BCUT2D eigenvalue weighted by Crippen LogP contribution is 2.44. The van der Waals surface area contributed by atoms with Gasteiger partial charge in [0.2, 0.25) is 0 Å². The van der Waals surface area contributed by atoms with E-state index in [4.69, 9.17) is 9.47 Å². The van der Waals surface area contributed by atoms with Crippen LogP contribution in [0, 0.1) is 10.8 Å². The molecule has 2 unspecified atom stereocenters. The number of hydrogen-bond donors (Lipinski definition) is 0. The summed E-state index contributed by atoms with van der Waals surface area (Å²) in [5, 5.41) is 0. The summed E-state index contributed by atoms with van der Waals surface area (Å²) in [4.78, 5) is 23.5. The summed E-state index contributed by atoms with van der Waals surface area (Å²) < 4.78 is 10.3. The molecule has 1 heterocycles. The quantitative estimate of drug-likeness (QED) is 0.720. The number of carbonyl (C=O) groups is 2. The van der Waals surface area contributed by atoms with E-state index in [2.05, 4.69) is 27.7 Å². The molecular formula is C15H26O4. The van der Waals surface area contributed by atoms with E-state index in [1.807, 2.05) is 6.92 Å². The molecule has 0 aliphatic carbocycles. The van der Waals surface area contributed by atoms with Gasteiger partial charge in [-0.05, 0) is 18.8 Å². The molecule has 0 aromatic carbocycles. The number of cyclic esters (lactones) is 1. The number of unbranched alkanes of at least 4 members (excludes halogenated alkanes) is 1. The molecule has 110 valence electrons. The Morgan fingerprint density at radius 2 is 2.00 bits per heavy atom. The fraction of sp³-hybridized carbons (Fsp3) is 0.867. The maximum Gasteiger partial charge on any atom is 0.312 e. The zero-order chi connectivity index (χ0) is 14.7. The first kappa shape index (κ1) is 16.0. The monoisotopic (exact) mass is 270 g/mol. The molecule has 1 aliphatic rings. The lowest BCUT2D eigenvalue weighted by molar-refractivity contribution is -0.168. The molecule has 0 amide bonds. The average Bonchev–Trinajstić information content (AvgIpc) is 2.70. The largest absolute Gasteiger partial charge is 0.462 e. The van der Waals surface area contributed by atoms with Crippen LogP contribution in [0.2, 0.25) is 0 Å². The van der Waals surface area contributed by atoms with Crippen molar-refractivity contribution in [1.29, 1.82) is 0 Å². The molecule has 0 saturated carbocycles. The zero-order valence-electron chi connectivity index (χ0n) is 12.7. The molecule has 1 fully saturated rings. The SMILES string of the molecule is CCCCC(C)(C(=O)OC1COC(=O)C1)C(C)(C)C. The lowest BCUT2D eigenvalue weighted by Gasteiger charge is -2.40. The standard InChI is InChI=1S/C15H26O4/c1-6-7-8-15(5,14(2,3)4)13(17)19-11-9-12(16)18-10-11/h11H,6-10H2,1-5H3. The molecule has 0 aromatic heterocycles.